The van der Waals surface area contributed by atoms with E-state index in [2.05, 4.69) is 32.0 Å². The average molecular weight is 316 g/mol. The Balaban J connectivity index is 2.09. The quantitative estimate of drug-likeness (QED) is 0.785. The minimum Gasteiger partial charge on any atom is -0.384 e. The monoisotopic (exact) mass is 316 g/mol. The second-order valence-electron chi connectivity index (χ2n) is 6.10. The zero-order valence-electron chi connectivity index (χ0n) is 13.9. The van der Waals surface area contributed by atoms with Crippen molar-refractivity contribution in [2.24, 2.45) is 0 Å². The van der Waals surface area contributed by atoms with Crippen LogP contribution in [0.5, 0.6) is 0 Å². The van der Waals surface area contributed by atoms with E-state index in [1.54, 1.807) is 0 Å². The number of hydrogen-bond donors (Lipinski definition) is 1. The molecule has 0 aliphatic carbocycles. The van der Waals surface area contributed by atoms with E-state index in [9.17, 15) is 0 Å². The summed E-state index contributed by atoms with van der Waals surface area (Å²) in [6.45, 7) is 4.14. The average Bonchev–Trinajstić information content (AvgIpc) is 2.93. The fraction of sp³-hybridized carbons (Fsp3) is 0.200. The SMILES string of the molecule is CC(C)n1nc(-c2ccc(C#N)cc2)c(Cc2ccccc2)c1N. The van der Waals surface area contributed by atoms with Gasteiger partial charge in [-0.1, -0.05) is 42.5 Å². The lowest BCUT2D eigenvalue weighted by atomic mass is 10.00. The third kappa shape index (κ3) is 3.02. The van der Waals surface area contributed by atoms with Gasteiger partial charge in [0.25, 0.3) is 0 Å². The summed E-state index contributed by atoms with van der Waals surface area (Å²) >= 11 is 0. The topological polar surface area (TPSA) is 67.6 Å². The molecule has 3 aromatic rings. The number of nitrogens with zero attached hydrogens (tertiary/aromatic N) is 3. The molecular formula is C20H20N4. The van der Waals surface area contributed by atoms with Gasteiger partial charge >= 0.3 is 0 Å². The van der Waals surface area contributed by atoms with Gasteiger partial charge < -0.3 is 5.73 Å². The lowest BCUT2D eigenvalue weighted by Crippen LogP contribution is -2.07. The zero-order valence-corrected chi connectivity index (χ0v) is 13.9. The van der Waals surface area contributed by atoms with Gasteiger partial charge in [-0.3, -0.25) is 0 Å². The molecule has 0 atom stereocenters. The van der Waals surface area contributed by atoms with Crippen LogP contribution in [0, 0.1) is 11.3 Å². The summed E-state index contributed by atoms with van der Waals surface area (Å²) in [5.74, 6) is 0.702. The van der Waals surface area contributed by atoms with Crippen LogP contribution in [0.4, 0.5) is 5.82 Å². The summed E-state index contributed by atoms with van der Waals surface area (Å²) in [7, 11) is 0. The number of nitriles is 1. The molecule has 0 unspecified atom stereocenters. The number of rotatable bonds is 4. The van der Waals surface area contributed by atoms with Crippen LogP contribution in [-0.2, 0) is 6.42 Å². The first kappa shape index (κ1) is 15.8. The number of hydrogen-bond acceptors (Lipinski definition) is 3. The van der Waals surface area contributed by atoms with Crippen molar-refractivity contribution in [3.63, 3.8) is 0 Å². The molecule has 4 nitrogen and oxygen atoms in total. The normalized spacial score (nSPS) is 10.8. The molecule has 2 aromatic carbocycles. The third-order valence-corrected chi connectivity index (χ3v) is 4.05. The molecule has 0 amide bonds. The lowest BCUT2D eigenvalue weighted by Gasteiger charge is -2.08. The number of benzene rings is 2. The van der Waals surface area contributed by atoms with Crippen molar-refractivity contribution in [2.75, 3.05) is 5.73 Å². The van der Waals surface area contributed by atoms with Gasteiger partial charge in [0.2, 0.25) is 0 Å². The summed E-state index contributed by atoms with van der Waals surface area (Å²) in [4.78, 5) is 0. The van der Waals surface area contributed by atoms with Crippen molar-refractivity contribution in [2.45, 2.75) is 26.3 Å². The molecule has 0 aliphatic rings. The molecule has 0 spiro atoms. The van der Waals surface area contributed by atoms with Crippen LogP contribution >= 0.6 is 0 Å². The van der Waals surface area contributed by atoms with Crippen molar-refractivity contribution < 1.29 is 0 Å². The van der Waals surface area contributed by atoms with Crippen molar-refractivity contribution in [3.05, 3.63) is 71.3 Å². The Bertz CT molecular complexity index is 868. The maximum atomic E-state index is 8.98. The number of nitrogen functional groups attached to an aromatic ring is 1. The summed E-state index contributed by atoms with van der Waals surface area (Å²) in [5.41, 5.74) is 11.1. The molecule has 120 valence electrons. The smallest absolute Gasteiger partial charge is 0.126 e. The highest BCUT2D eigenvalue weighted by molar-refractivity contribution is 5.70. The van der Waals surface area contributed by atoms with E-state index in [1.807, 2.05) is 47.1 Å². The highest BCUT2D eigenvalue weighted by Crippen LogP contribution is 2.31. The van der Waals surface area contributed by atoms with Crippen LogP contribution in [0.3, 0.4) is 0 Å². The second kappa shape index (κ2) is 6.59. The minimum atomic E-state index is 0.187. The Morgan fingerprint density at radius 1 is 1.08 bits per heavy atom. The molecule has 0 bridgehead atoms. The highest BCUT2D eigenvalue weighted by Gasteiger charge is 2.18. The van der Waals surface area contributed by atoms with Crippen LogP contribution in [0.2, 0.25) is 0 Å². The molecular weight excluding hydrogens is 296 g/mol. The van der Waals surface area contributed by atoms with E-state index >= 15 is 0 Å². The fourth-order valence-electron chi connectivity index (χ4n) is 2.78. The summed E-state index contributed by atoms with van der Waals surface area (Å²) in [6.07, 6.45) is 0.731. The predicted molar refractivity (Wildman–Crippen MR) is 96.4 cm³/mol. The van der Waals surface area contributed by atoms with Gasteiger partial charge in [-0.15, -0.1) is 0 Å². The van der Waals surface area contributed by atoms with Crippen LogP contribution < -0.4 is 5.73 Å². The molecule has 0 saturated heterocycles. The largest absolute Gasteiger partial charge is 0.384 e. The van der Waals surface area contributed by atoms with Crippen molar-refractivity contribution >= 4 is 5.82 Å². The summed E-state index contributed by atoms with van der Waals surface area (Å²) in [6, 6.07) is 20.1. The number of nitrogens with two attached hydrogens (primary N) is 1. The van der Waals surface area contributed by atoms with Crippen LogP contribution in [0.1, 0.15) is 36.6 Å². The predicted octanol–water partition coefficient (Wildman–Crippen LogP) is 4.18. The zero-order chi connectivity index (χ0) is 17.1. The number of aromatic nitrogens is 2. The molecule has 2 N–H and O–H groups in total. The van der Waals surface area contributed by atoms with Crippen molar-refractivity contribution in [3.8, 4) is 17.3 Å². The molecule has 1 heterocycles. The van der Waals surface area contributed by atoms with E-state index in [-0.39, 0.29) is 6.04 Å². The van der Waals surface area contributed by atoms with E-state index in [4.69, 9.17) is 16.1 Å². The Hall–Kier alpha value is -3.06. The molecule has 4 heteroatoms. The standard InChI is InChI=1S/C20H20N4/c1-14(2)24-20(22)18(12-15-6-4-3-5-7-15)19(23-24)17-10-8-16(13-21)9-11-17/h3-11,14H,12,22H2,1-2H3. The van der Waals surface area contributed by atoms with Crippen LogP contribution in [0.15, 0.2) is 54.6 Å². The highest BCUT2D eigenvalue weighted by atomic mass is 15.3. The molecule has 0 fully saturated rings. The van der Waals surface area contributed by atoms with Crippen LogP contribution in [-0.4, -0.2) is 9.78 Å². The van der Waals surface area contributed by atoms with Gasteiger partial charge in [-0.05, 0) is 31.5 Å². The molecule has 0 saturated carbocycles. The van der Waals surface area contributed by atoms with E-state index in [0.29, 0.717) is 11.4 Å². The van der Waals surface area contributed by atoms with Crippen molar-refractivity contribution in [1.82, 2.24) is 9.78 Å². The minimum absolute atomic E-state index is 0.187. The van der Waals surface area contributed by atoms with Crippen molar-refractivity contribution in [1.29, 1.82) is 5.26 Å². The maximum absolute atomic E-state index is 8.98. The van der Waals surface area contributed by atoms with E-state index in [1.165, 1.54) is 5.56 Å². The molecule has 1 aromatic heterocycles. The Morgan fingerprint density at radius 3 is 2.33 bits per heavy atom. The fourth-order valence-corrected chi connectivity index (χ4v) is 2.78. The molecule has 0 radical (unpaired) electrons. The third-order valence-electron chi connectivity index (χ3n) is 4.05. The molecule has 3 rings (SSSR count). The van der Waals surface area contributed by atoms with E-state index < -0.39 is 0 Å². The second-order valence-corrected chi connectivity index (χ2v) is 6.10. The summed E-state index contributed by atoms with van der Waals surface area (Å²) < 4.78 is 1.87. The molecule has 0 aliphatic heterocycles. The lowest BCUT2D eigenvalue weighted by molar-refractivity contribution is 0.542. The Kier molecular flexibility index (Phi) is 4.35. The first-order valence-corrected chi connectivity index (χ1v) is 8.01. The van der Waals surface area contributed by atoms with E-state index in [0.717, 1.165) is 23.2 Å². The van der Waals surface area contributed by atoms with Gasteiger partial charge in [0.05, 0.1) is 17.3 Å². The summed E-state index contributed by atoms with van der Waals surface area (Å²) in [5, 5.41) is 13.7. The van der Waals surface area contributed by atoms with Crippen LogP contribution in [0.25, 0.3) is 11.3 Å². The van der Waals surface area contributed by atoms with Gasteiger partial charge in [0.15, 0.2) is 0 Å². The first-order valence-electron chi connectivity index (χ1n) is 8.01. The maximum Gasteiger partial charge on any atom is 0.126 e. The van der Waals surface area contributed by atoms with Gasteiger partial charge in [-0.2, -0.15) is 10.4 Å². The first-order chi connectivity index (χ1) is 11.6. The van der Waals surface area contributed by atoms with Gasteiger partial charge in [0.1, 0.15) is 5.82 Å². The van der Waals surface area contributed by atoms with Gasteiger partial charge in [0, 0.05) is 23.6 Å². The number of anilines is 1. The van der Waals surface area contributed by atoms with Gasteiger partial charge in [-0.25, -0.2) is 4.68 Å². The molecule has 24 heavy (non-hydrogen) atoms. The Labute approximate surface area is 142 Å². The Morgan fingerprint density at radius 2 is 1.75 bits per heavy atom.